The Morgan fingerprint density at radius 2 is 2.00 bits per heavy atom. The van der Waals surface area contributed by atoms with Crippen molar-refractivity contribution in [3.8, 4) is 5.69 Å². The second kappa shape index (κ2) is 5.96. The molecule has 0 spiro atoms. The van der Waals surface area contributed by atoms with Crippen LogP contribution in [0.25, 0.3) is 5.69 Å². The summed E-state index contributed by atoms with van der Waals surface area (Å²) in [5, 5.41) is 6.99. The van der Waals surface area contributed by atoms with E-state index in [0.29, 0.717) is 6.04 Å². The summed E-state index contributed by atoms with van der Waals surface area (Å²) in [7, 11) is 0. The number of hydrogen-bond acceptors (Lipinski definition) is 3. The van der Waals surface area contributed by atoms with Crippen molar-refractivity contribution in [3.05, 3.63) is 47.1 Å². The molecule has 1 saturated heterocycles. The zero-order chi connectivity index (χ0) is 13.8. The number of aromatic nitrogens is 2. The SMILES string of the molecule is O=c1[nH]ccn1-c1ccc(NC2CCCNCC2)cc1. The molecular formula is C15H20N4O. The van der Waals surface area contributed by atoms with Crippen molar-refractivity contribution in [2.24, 2.45) is 0 Å². The van der Waals surface area contributed by atoms with Crippen LogP contribution in [0.1, 0.15) is 19.3 Å². The van der Waals surface area contributed by atoms with Gasteiger partial charge in [0, 0.05) is 24.1 Å². The fraction of sp³-hybridized carbons (Fsp3) is 0.400. The first-order chi connectivity index (χ1) is 9.83. The van der Waals surface area contributed by atoms with Gasteiger partial charge in [-0.1, -0.05) is 0 Å². The fourth-order valence-electron chi connectivity index (χ4n) is 2.64. The van der Waals surface area contributed by atoms with E-state index in [-0.39, 0.29) is 5.69 Å². The van der Waals surface area contributed by atoms with Crippen molar-refractivity contribution in [2.75, 3.05) is 18.4 Å². The first kappa shape index (κ1) is 13.0. The van der Waals surface area contributed by atoms with Crippen LogP contribution in [0.4, 0.5) is 5.69 Å². The standard InChI is InChI=1S/C15H20N4O/c20-15-17-10-11-19(15)14-5-3-13(4-6-14)18-12-2-1-8-16-9-7-12/h3-6,10-12,16,18H,1-2,7-9H2,(H,17,20). The van der Waals surface area contributed by atoms with Gasteiger partial charge in [-0.15, -0.1) is 0 Å². The molecule has 1 atom stereocenters. The molecule has 20 heavy (non-hydrogen) atoms. The highest BCUT2D eigenvalue weighted by Gasteiger charge is 2.11. The summed E-state index contributed by atoms with van der Waals surface area (Å²) in [6.07, 6.45) is 6.95. The molecule has 1 aromatic carbocycles. The Morgan fingerprint density at radius 3 is 2.75 bits per heavy atom. The van der Waals surface area contributed by atoms with E-state index in [1.54, 1.807) is 17.0 Å². The van der Waals surface area contributed by atoms with E-state index < -0.39 is 0 Å². The summed E-state index contributed by atoms with van der Waals surface area (Å²) in [5.41, 5.74) is 1.88. The van der Waals surface area contributed by atoms with Crippen molar-refractivity contribution in [1.82, 2.24) is 14.9 Å². The average Bonchev–Trinajstić information content (AvgIpc) is 2.73. The van der Waals surface area contributed by atoms with E-state index in [0.717, 1.165) is 30.9 Å². The predicted molar refractivity (Wildman–Crippen MR) is 80.5 cm³/mol. The van der Waals surface area contributed by atoms with E-state index in [9.17, 15) is 4.79 Å². The van der Waals surface area contributed by atoms with Gasteiger partial charge < -0.3 is 15.6 Å². The smallest absolute Gasteiger partial charge is 0.330 e. The average molecular weight is 272 g/mol. The Balaban J connectivity index is 1.70. The lowest BCUT2D eigenvalue weighted by Gasteiger charge is -2.17. The van der Waals surface area contributed by atoms with Gasteiger partial charge in [-0.3, -0.25) is 4.57 Å². The molecule has 1 aliphatic heterocycles. The summed E-state index contributed by atoms with van der Waals surface area (Å²) in [6, 6.07) is 8.53. The van der Waals surface area contributed by atoms with Gasteiger partial charge in [0.25, 0.3) is 0 Å². The van der Waals surface area contributed by atoms with E-state index in [1.807, 2.05) is 24.3 Å². The molecule has 1 aliphatic rings. The molecule has 0 aliphatic carbocycles. The largest absolute Gasteiger partial charge is 0.382 e. The first-order valence-corrected chi connectivity index (χ1v) is 7.17. The third kappa shape index (κ3) is 2.93. The van der Waals surface area contributed by atoms with Crippen LogP contribution in [0.3, 0.4) is 0 Å². The van der Waals surface area contributed by atoms with Crippen LogP contribution in [0.15, 0.2) is 41.5 Å². The quantitative estimate of drug-likeness (QED) is 0.797. The molecular weight excluding hydrogens is 252 g/mol. The van der Waals surface area contributed by atoms with Crippen LogP contribution >= 0.6 is 0 Å². The van der Waals surface area contributed by atoms with Crippen molar-refractivity contribution in [2.45, 2.75) is 25.3 Å². The van der Waals surface area contributed by atoms with E-state index >= 15 is 0 Å². The monoisotopic (exact) mass is 272 g/mol. The summed E-state index contributed by atoms with van der Waals surface area (Å²) in [5.74, 6) is 0. The maximum atomic E-state index is 11.5. The number of benzene rings is 1. The van der Waals surface area contributed by atoms with Crippen LogP contribution in [0, 0.1) is 0 Å². The van der Waals surface area contributed by atoms with Crippen molar-refractivity contribution in [3.63, 3.8) is 0 Å². The zero-order valence-electron chi connectivity index (χ0n) is 11.4. The molecule has 0 bridgehead atoms. The van der Waals surface area contributed by atoms with Gasteiger partial charge in [-0.25, -0.2) is 4.79 Å². The number of nitrogens with zero attached hydrogens (tertiary/aromatic N) is 1. The number of H-pyrrole nitrogens is 1. The summed E-state index contributed by atoms with van der Waals surface area (Å²) >= 11 is 0. The van der Waals surface area contributed by atoms with Crippen LogP contribution < -0.4 is 16.3 Å². The Kier molecular flexibility index (Phi) is 3.87. The number of imidazole rings is 1. The highest BCUT2D eigenvalue weighted by molar-refractivity contribution is 5.49. The molecule has 2 heterocycles. The number of hydrogen-bond donors (Lipinski definition) is 3. The molecule has 1 aromatic heterocycles. The van der Waals surface area contributed by atoms with Gasteiger partial charge in [-0.2, -0.15) is 0 Å². The molecule has 5 nitrogen and oxygen atoms in total. The van der Waals surface area contributed by atoms with Crippen LogP contribution in [-0.4, -0.2) is 28.7 Å². The van der Waals surface area contributed by atoms with Crippen molar-refractivity contribution >= 4 is 5.69 Å². The Labute approximate surface area is 118 Å². The molecule has 1 unspecified atom stereocenters. The third-order valence-electron chi connectivity index (χ3n) is 3.74. The number of nitrogens with one attached hydrogen (secondary N) is 3. The lowest BCUT2D eigenvalue weighted by Crippen LogP contribution is -2.21. The Bertz CT molecular complexity index is 591. The van der Waals surface area contributed by atoms with Crippen LogP contribution in [-0.2, 0) is 0 Å². The molecule has 0 amide bonds. The minimum atomic E-state index is -0.111. The van der Waals surface area contributed by atoms with Gasteiger partial charge >= 0.3 is 5.69 Å². The lowest BCUT2D eigenvalue weighted by molar-refractivity contribution is 0.637. The van der Waals surface area contributed by atoms with Gasteiger partial charge in [0.2, 0.25) is 0 Å². The second-order valence-corrected chi connectivity index (χ2v) is 5.20. The topological polar surface area (TPSA) is 61.9 Å². The maximum absolute atomic E-state index is 11.5. The van der Waals surface area contributed by atoms with E-state index in [4.69, 9.17) is 0 Å². The molecule has 106 valence electrons. The Morgan fingerprint density at radius 1 is 1.15 bits per heavy atom. The molecule has 5 heteroatoms. The highest BCUT2D eigenvalue weighted by Crippen LogP contribution is 2.16. The highest BCUT2D eigenvalue weighted by atomic mass is 16.1. The lowest BCUT2D eigenvalue weighted by atomic mass is 10.1. The Hall–Kier alpha value is -2.01. The fourth-order valence-corrected chi connectivity index (χ4v) is 2.64. The van der Waals surface area contributed by atoms with Gasteiger partial charge in [-0.05, 0) is 56.6 Å². The van der Waals surface area contributed by atoms with Crippen molar-refractivity contribution in [1.29, 1.82) is 0 Å². The van der Waals surface area contributed by atoms with E-state index in [1.165, 1.54) is 12.8 Å². The molecule has 1 fully saturated rings. The van der Waals surface area contributed by atoms with Gasteiger partial charge in [0.05, 0.1) is 5.69 Å². The minimum Gasteiger partial charge on any atom is -0.382 e. The normalized spacial score (nSPS) is 19.5. The molecule has 0 saturated carbocycles. The predicted octanol–water partition coefficient (Wildman–Crippen LogP) is 1.72. The number of rotatable bonds is 3. The minimum absolute atomic E-state index is 0.111. The van der Waals surface area contributed by atoms with Crippen molar-refractivity contribution < 1.29 is 0 Å². The molecule has 3 N–H and O–H groups in total. The van der Waals surface area contributed by atoms with Crippen LogP contribution in [0.5, 0.6) is 0 Å². The molecule has 3 rings (SSSR count). The summed E-state index contributed by atoms with van der Waals surface area (Å²) in [6.45, 7) is 2.20. The van der Waals surface area contributed by atoms with Gasteiger partial charge in [0.15, 0.2) is 0 Å². The summed E-state index contributed by atoms with van der Waals surface area (Å²) < 4.78 is 1.60. The summed E-state index contributed by atoms with van der Waals surface area (Å²) in [4.78, 5) is 14.2. The van der Waals surface area contributed by atoms with Gasteiger partial charge in [0.1, 0.15) is 0 Å². The third-order valence-corrected chi connectivity index (χ3v) is 3.74. The second-order valence-electron chi connectivity index (χ2n) is 5.20. The first-order valence-electron chi connectivity index (χ1n) is 7.17. The van der Waals surface area contributed by atoms with Crippen LogP contribution in [0.2, 0.25) is 0 Å². The van der Waals surface area contributed by atoms with E-state index in [2.05, 4.69) is 15.6 Å². The zero-order valence-corrected chi connectivity index (χ0v) is 11.4. The number of anilines is 1. The molecule has 0 radical (unpaired) electrons. The number of aromatic amines is 1. The maximum Gasteiger partial charge on any atom is 0.330 e. The molecule has 2 aromatic rings.